The molecule has 0 aromatic carbocycles. The summed E-state index contributed by atoms with van der Waals surface area (Å²) in [5.41, 5.74) is 5.26. The molecular formula is C6H14FN. The zero-order chi connectivity index (χ0) is 6.73. The van der Waals surface area contributed by atoms with E-state index in [0.29, 0.717) is 0 Å². The number of rotatable bonds is 2. The molecule has 8 heavy (non-hydrogen) atoms. The molecule has 0 radical (unpaired) electrons. The lowest BCUT2D eigenvalue weighted by molar-refractivity contribution is 0.222. The molecule has 0 aromatic heterocycles. The van der Waals surface area contributed by atoms with Gasteiger partial charge in [-0.05, 0) is 12.8 Å². The fourth-order valence-electron chi connectivity index (χ4n) is 0.607. The van der Waals surface area contributed by atoms with Crippen molar-refractivity contribution >= 4 is 0 Å². The Bertz CT molecular complexity index is 53.5. The highest BCUT2D eigenvalue weighted by molar-refractivity contribution is 4.69. The van der Waals surface area contributed by atoms with E-state index >= 15 is 0 Å². The molecule has 0 rings (SSSR count). The van der Waals surface area contributed by atoms with Crippen molar-refractivity contribution < 1.29 is 4.39 Å². The van der Waals surface area contributed by atoms with Gasteiger partial charge in [-0.1, -0.05) is 13.8 Å². The zero-order valence-corrected chi connectivity index (χ0v) is 5.69. The molecule has 0 saturated heterocycles. The molecule has 2 heteroatoms. The van der Waals surface area contributed by atoms with Crippen molar-refractivity contribution in [2.75, 3.05) is 0 Å². The molecule has 2 unspecified atom stereocenters. The second-order valence-corrected chi connectivity index (χ2v) is 2.55. The monoisotopic (exact) mass is 119 g/mol. The van der Waals surface area contributed by atoms with E-state index in [2.05, 4.69) is 0 Å². The maximum Gasteiger partial charge on any atom is 0.117 e. The Morgan fingerprint density at radius 3 is 1.62 bits per heavy atom. The molecule has 0 spiro atoms. The predicted molar refractivity (Wildman–Crippen MR) is 33.4 cm³/mol. The van der Waals surface area contributed by atoms with Crippen LogP contribution in [0.15, 0.2) is 0 Å². The molecule has 0 fully saturated rings. The molecular weight excluding hydrogens is 105 g/mol. The molecule has 2 N–H and O–H groups in total. The lowest BCUT2D eigenvalue weighted by Crippen LogP contribution is -2.31. The maximum atomic E-state index is 12.5. The Hall–Kier alpha value is -0.110. The highest BCUT2D eigenvalue weighted by Gasteiger charge is 2.14. The first kappa shape index (κ1) is 7.89. The predicted octanol–water partition coefficient (Wildman–Crippen LogP) is 1.33. The Morgan fingerprint density at radius 2 is 1.62 bits per heavy atom. The van der Waals surface area contributed by atoms with Gasteiger partial charge in [0.1, 0.15) is 6.17 Å². The van der Waals surface area contributed by atoms with E-state index in [0.717, 1.165) is 0 Å². The van der Waals surface area contributed by atoms with Crippen LogP contribution in [0.2, 0.25) is 0 Å². The Kier molecular flexibility index (Phi) is 2.98. The summed E-state index contributed by atoms with van der Waals surface area (Å²) in [4.78, 5) is 0. The van der Waals surface area contributed by atoms with Crippen LogP contribution in [0.3, 0.4) is 0 Å². The molecule has 0 aliphatic carbocycles. The van der Waals surface area contributed by atoms with Gasteiger partial charge in [0.05, 0.1) is 0 Å². The van der Waals surface area contributed by atoms with Crippen LogP contribution in [0.25, 0.3) is 0 Å². The van der Waals surface area contributed by atoms with Crippen LogP contribution in [-0.4, -0.2) is 12.2 Å². The van der Waals surface area contributed by atoms with E-state index in [4.69, 9.17) is 5.73 Å². The zero-order valence-electron chi connectivity index (χ0n) is 5.69. The van der Waals surface area contributed by atoms with Gasteiger partial charge in [-0.25, -0.2) is 4.39 Å². The van der Waals surface area contributed by atoms with Gasteiger partial charge in [0, 0.05) is 6.04 Å². The van der Waals surface area contributed by atoms with Crippen LogP contribution in [0.5, 0.6) is 0 Å². The van der Waals surface area contributed by atoms with Crippen LogP contribution < -0.4 is 5.73 Å². The lowest BCUT2D eigenvalue weighted by atomic mass is 10.0. The Labute approximate surface area is 50.1 Å². The fourth-order valence-corrected chi connectivity index (χ4v) is 0.607. The van der Waals surface area contributed by atoms with Crippen LogP contribution in [0, 0.1) is 5.92 Å². The second kappa shape index (κ2) is 3.02. The standard InChI is InChI=1S/C6H14FN/c1-4(2)6(7)5(3)8/h4-6H,8H2,1-3H3. The number of nitrogens with two attached hydrogens (primary N) is 1. The largest absolute Gasteiger partial charge is 0.325 e. The first-order valence-electron chi connectivity index (χ1n) is 2.95. The third kappa shape index (κ3) is 2.26. The topological polar surface area (TPSA) is 26.0 Å². The molecule has 1 nitrogen and oxygen atoms in total. The number of halogens is 1. The van der Waals surface area contributed by atoms with Crippen molar-refractivity contribution in [1.29, 1.82) is 0 Å². The smallest absolute Gasteiger partial charge is 0.117 e. The van der Waals surface area contributed by atoms with E-state index in [1.807, 2.05) is 13.8 Å². The minimum atomic E-state index is -0.852. The lowest BCUT2D eigenvalue weighted by Gasteiger charge is -2.14. The van der Waals surface area contributed by atoms with Gasteiger partial charge in [0.2, 0.25) is 0 Å². The molecule has 0 saturated carbocycles. The van der Waals surface area contributed by atoms with Gasteiger partial charge >= 0.3 is 0 Å². The fraction of sp³-hybridized carbons (Fsp3) is 1.00. The van der Waals surface area contributed by atoms with Crippen LogP contribution in [0.4, 0.5) is 4.39 Å². The normalized spacial score (nSPS) is 18.8. The minimum absolute atomic E-state index is 0.0509. The minimum Gasteiger partial charge on any atom is -0.325 e. The second-order valence-electron chi connectivity index (χ2n) is 2.55. The SMILES string of the molecule is CC(C)C(F)C(C)N. The maximum absolute atomic E-state index is 12.5. The summed E-state index contributed by atoms with van der Waals surface area (Å²) in [6, 6.07) is -0.324. The Balaban J connectivity index is 3.46. The average molecular weight is 119 g/mol. The molecule has 0 aliphatic heterocycles. The van der Waals surface area contributed by atoms with Crippen LogP contribution >= 0.6 is 0 Å². The summed E-state index contributed by atoms with van der Waals surface area (Å²) in [5, 5.41) is 0. The molecule has 0 bridgehead atoms. The highest BCUT2D eigenvalue weighted by Crippen LogP contribution is 2.07. The van der Waals surface area contributed by atoms with E-state index < -0.39 is 6.17 Å². The summed E-state index contributed by atoms with van der Waals surface area (Å²) in [7, 11) is 0. The van der Waals surface area contributed by atoms with Gasteiger partial charge in [-0.15, -0.1) is 0 Å². The quantitative estimate of drug-likeness (QED) is 0.583. The summed E-state index contributed by atoms with van der Waals surface area (Å²) >= 11 is 0. The van der Waals surface area contributed by atoms with E-state index in [9.17, 15) is 4.39 Å². The van der Waals surface area contributed by atoms with E-state index in [1.54, 1.807) is 6.92 Å². The first-order valence-corrected chi connectivity index (χ1v) is 2.95. The third-order valence-corrected chi connectivity index (χ3v) is 1.14. The van der Waals surface area contributed by atoms with Crippen LogP contribution in [-0.2, 0) is 0 Å². The van der Waals surface area contributed by atoms with Crippen molar-refractivity contribution in [1.82, 2.24) is 0 Å². The van der Waals surface area contributed by atoms with Gasteiger partial charge < -0.3 is 5.73 Å². The molecule has 0 amide bonds. The molecule has 0 aromatic rings. The summed E-state index contributed by atoms with van der Waals surface area (Å²) < 4.78 is 12.5. The highest BCUT2D eigenvalue weighted by atomic mass is 19.1. The van der Waals surface area contributed by atoms with Crippen molar-refractivity contribution in [3.63, 3.8) is 0 Å². The third-order valence-electron chi connectivity index (χ3n) is 1.14. The molecule has 0 heterocycles. The number of hydrogen-bond donors (Lipinski definition) is 1. The summed E-state index contributed by atoms with van der Waals surface area (Å²) in [5.74, 6) is 0.0509. The van der Waals surface area contributed by atoms with Crippen molar-refractivity contribution in [3.05, 3.63) is 0 Å². The average Bonchev–Trinajstić information content (AvgIpc) is 1.64. The molecule has 2 atom stereocenters. The van der Waals surface area contributed by atoms with Gasteiger partial charge in [0.25, 0.3) is 0 Å². The van der Waals surface area contributed by atoms with Gasteiger partial charge in [-0.3, -0.25) is 0 Å². The summed E-state index contributed by atoms with van der Waals surface area (Å²) in [6.45, 7) is 5.34. The van der Waals surface area contributed by atoms with Crippen LogP contribution in [0.1, 0.15) is 20.8 Å². The Morgan fingerprint density at radius 1 is 1.25 bits per heavy atom. The van der Waals surface area contributed by atoms with Gasteiger partial charge in [-0.2, -0.15) is 0 Å². The van der Waals surface area contributed by atoms with Crippen molar-refractivity contribution in [2.45, 2.75) is 33.0 Å². The summed E-state index contributed by atoms with van der Waals surface area (Å²) in [6.07, 6.45) is -0.852. The molecule has 0 aliphatic rings. The van der Waals surface area contributed by atoms with Crippen molar-refractivity contribution in [2.24, 2.45) is 11.7 Å². The van der Waals surface area contributed by atoms with Gasteiger partial charge in [0.15, 0.2) is 0 Å². The van der Waals surface area contributed by atoms with E-state index in [1.165, 1.54) is 0 Å². The van der Waals surface area contributed by atoms with E-state index in [-0.39, 0.29) is 12.0 Å². The molecule has 50 valence electrons. The first-order chi connectivity index (χ1) is 3.55. The number of hydrogen-bond acceptors (Lipinski definition) is 1. The van der Waals surface area contributed by atoms with Crippen molar-refractivity contribution in [3.8, 4) is 0 Å². The number of alkyl halides is 1.